The first-order chi connectivity index (χ1) is 8.92. The summed E-state index contributed by atoms with van der Waals surface area (Å²) in [6.07, 6.45) is -0.190. The number of rotatable bonds is 5. The largest absolute Gasteiger partial charge is 0.494 e. The fraction of sp³-hybridized carbons (Fsp3) is 0.333. The van der Waals surface area contributed by atoms with Crippen LogP contribution in [0.4, 0.5) is 14.9 Å². The van der Waals surface area contributed by atoms with E-state index in [-0.39, 0.29) is 17.9 Å². The highest BCUT2D eigenvalue weighted by atomic mass is 19.1. The molecule has 2 amide bonds. The van der Waals surface area contributed by atoms with Crippen LogP contribution in [0.2, 0.25) is 0 Å². The standard InChI is InChI=1S/C12H15FN2O4/c1-7(5-11(16)17)14-12(18)15-8-3-4-10(19-2)9(13)6-8/h3-4,6-7H,5H2,1-2H3,(H,16,17)(H2,14,15,18). The van der Waals surface area contributed by atoms with Crippen LogP contribution < -0.4 is 15.4 Å². The summed E-state index contributed by atoms with van der Waals surface area (Å²) < 4.78 is 18.1. The van der Waals surface area contributed by atoms with Crippen LogP contribution in [-0.4, -0.2) is 30.3 Å². The molecule has 1 rings (SSSR count). The number of carbonyl (C=O) groups excluding carboxylic acids is 1. The molecule has 0 radical (unpaired) electrons. The Morgan fingerprint density at radius 3 is 2.68 bits per heavy atom. The fourth-order valence-electron chi connectivity index (χ4n) is 1.45. The zero-order valence-corrected chi connectivity index (χ0v) is 10.6. The number of benzene rings is 1. The van der Waals surface area contributed by atoms with Crippen molar-refractivity contribution in [3.8, 4) is 5.75 Å². The number of ether oxygens (including phenoxy) is 1. The molecule has 1 unspecified atom stereocenters. The van der Waals surface area contributed by atoms with Crippen LogP contribution in [-0.2, 0) is 4.79 Å². The van der Waals surface area contributed by atoms with Gasteiger partial charge in [0, 0.05) is 17.8 Å². The van der Waals surface area contributed by atoms with Crippen LogP contribution in [0.1, 0.15) is 13.3 Å². The van der Waals surface area contributed by atoms with Gasteiger partial charge < -0.3 is 20.5 Å². The van der Waals surface area contributed by atoms with Crippen molar-refractivity contribution >= 4 is 17.7 Å². The lowest BCUT2D eigenvalue weighted by Gasteiger charge is -2.13. The third-order valence-corrected chi connectivity index (χ3v) is 2.27. The first kappa shape index (κ1) is 14.7. The lowest BCUT2D eigenvalue weighted by Crippen LogP contribution is -2.37. The minimum absolute atomic E-state index is 0.0743. The van der Waals surface area contributed by atoms with Crippen LogP contribution in [0.5, 0.6) is 5.75 Å². The molecule has 0 bridgehead atoms. The van der Waals surface area contributed by atoms with Gasteiger partial charge in [-0.25, -0.2) is 9.18 Å². The number of aliphatic carboxylic acids is 1. The van der Waals surface area contributed by atoms with Crippen LogP contribution in [0, 0.1) is 5.82 Å². The van der Waals surface area contributed by atoms with Gasteiger partial charge in [-0.15, -0.1) is 0 Å². The third-order valence-electron chi connectivity index (χ3n) is 2.27. The van der Waals surface area contributed by atoms with Gasteiger partial charge in [-0.3, -0.25) is 4.79 Å². The molecule has 0 aliphatic carbocycles. The van der Waals surface area contributed by atoms with Gasteiger partial charge in [0.15, 0.2) is 11.6 Å². The highest BCUT2D eigenvalue weighted by Crippen LogP contribution is 2.20. The van der Waals surface area contributed by atoms with Gasteiger partial charge in [0.05, 0.1) is 13.5 Å². The summed E-state index contributed by atoms with van der Waals surface area (Å²) in [5, 5.41) is 13.4. The summed E-state index contributed by atoms with van der Waals surface area (Å²) >= 11 is 0. The lowest BCUT2D eigenvalue weighted by atomic mass is 10.2. The molecule has 19 heavy (non-hydrogen) atoms. The minimum atomic E-state index is -1.01. The summed E-state index contributed by atoms with van der Waals surface area (Å²) in [6.45, 7) is 1.56. The fourth-order valence-corrected chi connectivity index (χ4v) is 1.45. The first-order valence-corrected chi connectivity index (χ1v) is 5.55. The topological polar surface area (TPSA) is 87.7 Å². The van der Waals surface area contributed by atoms with Crippen molar-refractivity contribution < 1.29 is 23.8 Å². The number of anilines is 1. The van der Waals surface area contributed by atoms with Crippen molar-refractivity contribution in [2.45, 2.75) is 19.4 Å². The highest BCUT2D eigenvalue weighted by molar-refractivity contribution is 5.89. The van der Waals surface area contributed by atoms with Gasteiger partial charge in [0.2, 0.25) is 0 Å². The van der Waals surface area contributed by atoms with E-state index >= 15 is 0 Å². The molecule has 1 aromatic rings. The van der Waals surface area contributed by atoms with E-state index in [1.165, 1.54) is 19.2 Å². The van der Waals surface area contributed by atoms with Gasteiger partial charge >= 0.3 is 12.0 Å². The maximum Gasteiger partial charge on any atom is 0.319 e. The summed E-state index contributed by atoms with van der Waals surface area (Å²) in [5.74, 6) is -1.53. The average molecular weight is 270 g/mol. The number of methoxy groups -OCH3 is 1. The molecule has 0 saturated heterocycles. The molecule has 7 heteroatoms. The lowest BCUT2D eigenvalue weighted by molar-refractivity contribution is -0.137. The van der Waals surface area contributed by atoms with Gasteiger partial charge in [0.25, 0.3) is 0 Å². The van der Waals surface area contributed by atoms with Crippen molar-refractivity contribution in [1.29, 1.82) is 0 Å². The normalized spacial score (nSPS) is 11.5. The minimum Gasteiger partial charge on any atom is -0.494 e. The predicted molar refractivity (Wildman–Crippen MR) is 66.8 cm³/mol. The maximum atomic E-state index is 13.4. The first-order valence-electron chi connectivity index (χ1n) is 5.55. The summed E-state index contributed by atoms with van der Waals surface area (Å²) in [7, 11) is 1.34. The van der Waals surface area contributed by atoms with Gasteiger partial charge in [-0.05, 0) is 19.1 Å². The Morgan fingerprint density at radius 2 is 2.16 bits per heavy atom. The van der Waals surface area contributed by atoms with E-state index in [1.54, 1.807) is 6.92 Å². The molecule has 1 atom stereocenters. The molecule has 0 aliphatic heterocycles. The van der Waals surface area contributed by atoms with Gasteiger partial charge in [-0.2, -0.15) is 0 Å². The van der Waals surface area contributed by atoms with E-state index in [1.807, 2.05) is 0 Å². The molecule has 0 spiro atoms. The van der Waals surface area contributed by atoms with Crippen LogP contribution >= 0.6 is 0 Å². The number of carboxylic acids is 1. The second-order valence-corrected chi connectivity index (χ2v) is 3.95. The van der Waals surface area contributed by atoms with Crippen LogP contribution in [0.25, 0.3) is 0 Å². The van der Waals surface area contributed by atoms with E-state index in [4.69, 9.17) is 9.84 Å². The summed E-state index contributed by atoms with van der Waals surface area (Å²) in [5.41, 5.74) is 0.248. The van der Waals surface area contributed by atoms with Gasteiger partial charge in [-0.1, -0.05) is 0 Å². The van der Waals surface area contributed by atoms with Gasteiger partial charge in [0.1, 0.15) is 0 Å². The Kier molecular flexibility index (Phi) is 5.11. The molecule has 0 aromatic heterocycles. The Morgan fingerprint density at radius 1 is 1.47 bits per heavy atom. The SMILES string of the molecule is COc1ccc(NC(=O)NC(C)CC(=O)O)cc1F. The second-order valence-electron chi connectivity index (χ2n) is 3.95. The van der Waals surface area contributed by atoms with E-state index in [2.05, 4.69) is 10.6 Å². The number of hydrogen-bond donors (Lipinski definition) is 3. The smallest absolute Gasteiger partial charge is 0.319 e. The quantitative estimate of drug-likeness (QED) is 0.761. The maximum absolute atomic E-state index is 13.4. The Balaban J connectivity index is 2.57. The molecule has 0 heterocycles. The van der Waals surface area contributed by atoms with E-state index in [9.17, 15) is 14.0 Å². The van der Waals surface area contributed by atoms with E-state index in [0.29, 0.717) is 0 Å². The number of carbonyl (C=O) groups is 2. The molecule has 3 N–H and O–H groups in total. The number of hydrogen-bond acceptors (Lipinski definition) is 3. The third kappa shape index (κ3) is 4.82. The molecule has 104 valence electrons. The van der Waals surface area contributed by atoms with Crippen molar-refractivity contribution in [3.63, 3.8) is 0 Å². The van der Waals surface area contributed by atoms with Crippen molar-refractivity contribution in [2.75, 3.05) is 12.4 Å². The molecule has 1 aromatic carbocycles. The number of halogens is 1. The van der Waals surface area contributed by atoms with E-state index < -0.39 is 23.9 Å². The molecule has 0 fully saturated rings. The van der Waals surface area contributed by atoms with Crippen molar-refractivity contribution in [2.24, 2.45) is 0 Å². The number of nitrogens with one attached hydrogen (secondary N) is 2. The molecule has 0 aliphatic rings. The zero-order chi connectivity index (χ0) is 14.4. The van der Waals surface area contributed by atoms with Crippen LogP contribution in [0.15, 0.2) is 18.2 Å². The summed E-state index contributed by atoms with van der Waals surface area (Å²) in [6, 6.07) is 2.84. The van der Waals surface area contributed by atoms with Crippen molar-refractivity contribution in [1.82, 2.24) is 5.32 Å². The second kappa shape index (κ2) is 6.58. The average Bonchev–Trinajstić information content (AvgIpc) is 2.27. The molecule has 0 saturated carbocycles. The number of urea groups is 1. The highest BCUT2D eigenvalue weighted by Gasteiger charge is 2.11. The van der Waals surface area contributed by atoms with E-state index in [0.717, 1.165) is 6.07 Å². The van der Waals surface area contributed by atoms with Crippen molar-refractivity contribution in [3.05, 3.63) is 24.0 Å². The monoisotopic (exact) mass is 270 g/mol. The number of amides is 2. The molecular formula is C12H15FN2O4. The Hall–Kier alpha value is -2.31. The number of carboxylic acid groups (broad SMARTS) is 1. The Bertz CT molecular complexity index is 479. The predicted octanol–water partition coefficient (Wildman–Crippen LogP) is 1.82. The van der Waals surface area contributed by atoms with Crippen LogP contribution in [0.3, 0.4) is 0 Å². The molecular weight excluding hydrogens is 255 g/mol. The zero-order valence-electron chi connectivity index (χ0n) is 10.6. The Labute approximate surface area is 109 Å². The summed E-state index contributed by atoms with van der Waals surface area (Å²) in [4.78, 5) is 21.9. The molecule has 6 nitrogen and oxygen atoms in total.